The smallest absolute Gasteiger partial charge is 0.137 e. The second-order valence-electron chi connectivity index (χ2n) is 16.5. The first-order valence-electron chi connectivity index (χ1n) is 19.4. The molecule has 1 atom stereocenters. The molecule has 5 nitrogen and oxygen atoms in total. The monoisotopic (exact) mass is 702 g/mol. The highest BCUT2D eigenvalue weighted by Crippen LogP contribution is 2.38. The van der Waals surface area contributed by atoms with Crippen LogP contribution in [0.1, 0.15) is 95.7 Å². The molecule has 0 N–H and O–H groups in total. The summed E-state index contributed by atoms with van der Waals surface area (Å²) in [6.45, 7) is 18.1. The molecular weight excluding hydrogens is 649 g/mol. The Hall–Kier alpha value is -5.16. The second kappa shape index (κ2) is 15.1. The van der Waals surface area contributed by atoms with Crippen LogP contribution in [0, 0.1) is 25.2 Å². The highest BCUT2D eigenvalue weighted by atomic mass is 16.5. The molecule has 0 radical (unpaired) electrons. The van der Waals surface area contributed by atoms with Crippen molar-refractivity contribution in [2.75, 3.05) is 0 Å². The molecule has 0 fully saturated rings. The third-order valence-electron chi connectivity index (χ3n) is 10.6. The van der Waals surface area contributed by atoms with Crippen LogP contribution in [0.25, 0.3) is 44.4 Å². The average Bonchev–Trinajstić information content (AvgIpc) is 3.62. The molecule has 3 heterocycles. The first kappa shape index (κ1) is 36.2. The minimum Gasteiger partial charge on any atom is -0.457 e. The second-order valence-corrected chi connectivity index (χ2v) is 16.5. The number of hydrogen-bond donors (Lipinski definition) is 0. The predicted octanol–water partition coefficient (Wildman–Crippen LogP) is 13.3. The van der Waals surface area contributed by atoms with Crippen molar-refractivity contribution in [1.29, 1.82) is 0 Å². The molecule has 0 saturated carbocycles. The van der Waals surface area contributed by atoms with Crippen LogP contribution in [-0.2, 0) is 6.42 Å². The van der Waals surface area contributed by atoms with E-state index in [0.717, 1.165) is 64.2 Å². The molecule has 0 bridgehead atoms. The molecule has 0 aliphatic carbocycles. The van der Waals surface area contributed by atoms with Gasteiger partial charge in [-0.2, -0.15) is 5.10 Å². The van der Waals surface area contributed by atoms with Crippen molar-refractivity contribution in [3.05, 3.63) is 132 Å². The quantitative estimate of drug-likeness (QED) is 0.127. The summed E-state index contributed by atoms with van der Waals surface area (Å²) in [6.07, 6.45) is 7.81. The third kappa shape index (κ3) is 7.95. The van der Waals surface area contributed by atoms with Gasteiger partial charge in [0.05, 0.1) is 22.4 Å². The van der Waals surface area contributed by atoms with Crippen molar-refractivity contribution >= 4 is 21.8 Å². The zero-order chi connectivity index (χ0) is 37.3. The molecule has 272 valence electrons. The van der Waals surface area contributed by atoms with Crippen LogP contribution in [0.4, 0.5) is 0 Å². The van der Waals surface area contributed by atoms with Gasteiger partial charge in [-0.05, 0) is 116 Å². The fraction of sp³-hybridized carbons (Fsp3) is 0.333. The summed E-state index contributed by atoms with van der Waals surface area (Å²) in [6, 6.07) is 36.6. The lowest BCUT2D eigenvalue weighted by molar-refractivity contribution is 0.378. The van der Waals surface area contributed by atoms with Gasteiger partial charge in [0.1, 0.15) is 17.3 Å². The fourth-order valence-corrected chi connectivity index (χ4v) is 7.62. The molecule has 0 saturated heterocycles. The molecule has 4 aromatic carbocycles. The Balaban J connectivity index is 1.27. The van der Waals surface area contributed by atoms with Gasteiger partial charge in [-0.1, -0.05) is 96.8 Å². The van der Waals surface area contributed by atoms with Crippen molar-refractivity contribution in [3.8, 4) is 34.1 Å². The first-order valence-corrected chi connectivity index (χ1v) is 19.4. The molecule has 0 spiro atoms. The summed E-state index contributed by atoms with van der Waals surface area (Å²) >= 11 is 0. The SMILES string of the molecule is Cc1nn(-c2cccc(Oc3ccc4c5cc(C(C)CCCC(C)C)ccc5n(-c5cc(CCC(C)(C)C)ccn5)c4c3)c2)c(C)c1-c1ccccc1. The van der Waals surface area contributed by atoms with Gasteiger partial charge >= 0.3 is 0 Å². The zero-order valence-electron chi connectivity index (χ0n) is 32.8. The van der Waals surface area contributed by atoms with E-state index in [-0.39, 0.29) is 5.41 Å². The van der Waals surface area contributed by atoms with Gasteiger partial charge in [-0.3, -0.25) is 4.57 Å². The van der Waals surface area contributed by atoms with Gasteiger partial charge in [-0.15, -0.1) is 0 Å². The number of aryl methyl sites for hydroxylation is 2. The van der Waals surface area contributed by atoms with Crippen LogP contribution in [0.3, 0.4) is 0 Å². The summed E-state index contributed by atoms with van der Waals surface area (Å²) in [7, 11) is 0. The third-order valence-corrected chi connectivity index (χ3v) is 10.6. The van der Waals surface area contributed by atoms with Gasteiger partial charge in [0, 0.05) is 40.4 Å². The lowest BCUT2D eigenvalue weighted by Gasteiger charge is -2.18. The highest BCUT2D eigenvalue weighted by molar-refractivity contribution is 6.09. The van der Waals surface area contributed by atoms with Gasteiger partial charge < -0.3 is 4.74 Å². The summed E-state index contributed by atoms with van der Waals surface area (Å²) in [4.78, 5) is 4.95. The van der Waals surface area contributed by atoms with Crippen molar-refractivity contribution in [3.63, 3.8) is 0 Å². The molecule has 0 aliphatic heterocycles. The van der Waals surface area contributed by atoms with Crippen molar-refractivity contribution in [2.24, 2.45) is 11.3 Å². The molecule has 7 rings (SSSR count). The highest BCUT2D eigenvalue weighted by Gasteiger charge is 2.19. The van der Waals surface area contributed by atoms with Gasteiger partial charge in [0.25, 0.3) is 0 Å². The van der Waals surface area contributed by atoms with E-state index < -0.39 is 0 Å². The van der Waals surface area contributed by atoms with E-state index in [1.807, 2.05) is 29.1 Å². The molecule has 0 aliphatic rings. The van der Waals surface area contributed by atoms with Crippen LogP contribution < -0.4 is 4.74 Å². The number of rotatable bonds is 12. The predicted molar refractivity (Wildman–Crippen MR) is 222 cm³/mol. The minimum atomic E-state index is 0.265. The summed E-state index contributed by atoms with van der Waals surface area (Å²) in [5, 5.41) is 7.40. The Labute approximate surface area is 315 Å². The molecule has 53 heavy (non-hydrogen) atoms. The van der Waals surface area contributed by atoms with E-state index >= 15 is 0 Å². The zero-order valence-corrected chi connectivity index (χ0v) is 32.8. The molecule has 1 unspecified atom stereocenters. The topological polar surface area (TPSA) is 44.9 Å². The molecule has 0 amide bonds. The van der Waals surface area contributed by atoms with Crippen LogP contribution in [0.15, 0.2) is 109 Å². The van der Waals surface area contributed by atoms with Crippen molar-refractivity contribution in [1.82, 2.24) is 19.3 Å². The number of pyridine rings is 1. The maximum Gasteiger partial charge on any atom is 0.137 e. The van der Waals surface area contributed by atoms with E-state index in [9.17, 15) is 0 Å². The van der Waals surface area contributed by atoms with Crippen LogP contribution in [0.5, 0.6) is 11.5 Å². The Kier molecular flexibility index (Phi) is 10.3. The largest absolute Gasteiger partial charge is 0.457 e. The van der Waals surface area contributed by atoms with Gasteiger partial charge in [0.2, 0.25) is 0 Å². The summed E-state index contributed by atoms with van der Waals surface area (Å²) in [5.41, 5.74) is 10.6. The fourth-order valence-electron chi connectivity index (χ4n) is 7.62. The van der Waals surface area contributed by atoms with Crippen LogP contribution in [-0.4, -0.2) is 19.3 Å². The van der Waals surface area contributed by atoms with Crippen molar-refractivity contribution in [2.45, 2.75) is 93.4 Å². The van der Waals surface area contributed by atoms with Crippen LogP contribution in [0.2, 0.25) is 0 Å². The lowest BCUT2D eigenvalue weighted by Crippen LogP contribution is -2.07. The van der Waals surface area contributed by atoms with Crippen LogP contribution >= 0.6 is 0 Å². The average molecular weight is 703 g/mol. The molecular formula is C48H54N4O. The maximum atomic E-state index is 6.65. The Bertz CT molecular complexity index is 2360. The van der Waals surface area contributed by atoms with E-state index in [2.05, 4.69) is 145 Å². The number of hydrogen-bond acceptors (Lipinski definition) is 3. The van der Waals surface area contributed by atoms with E-state index in [1.54, 1.807) is 0 Å². The number of benzene rings is 4. The summed E-state index contributed by atoms with van der Waals surface area (Å²) in [5.74, 6) is 3.71. The minimum absolute atomic E-state index is 0.265. The van der Waals surface area contributed by atoms with E-state index in [0.29, 0.717) is 5.92 Å². The molecule has 3 aromatic heterocycles. The Morgan fingerprint density at radius 1 is 0.736 bits per heavy atom. The number of nitrogens with zero attached hydrogens (tertiary/aromatic N) is 4. The van der Waals surface area contributed by atoms with Gasteiger partial charge in [-0.25, -0.2) is 9.67 Å². The molecule has 7 aromatic rings. The standard InChI is InChI=1S/C48H54N4O/c1-32(2)14-12-15-33(3)38-20-23-44-43(29-38)42-22-21-41(31-45(42)51(44)46-28-36(25-27-49-46)24-26-48(6,7)8)53-40-19-13-18-39(30-40)52-35(5)47(34(4)50-52)37-16-10-9-11-17-37/h9-11,13,16-23,25,27-33H,12,14-15,24,26H2,1-8H3. The molecule has 5 heteroatoms. The number of aromatic nitrogens is 4. The van der Waals surface area contributed by atoms with Gasteiger partial charge in [0.15, 0.2) is 0 Å². The summed E-state index contributed by atoms with van der Waals surface area (Å²) < 4.78 is 11.0. The number of fused-ring (bicyclic) bond motifs is 3. The number of ether oxygens (including phenoxy) is 1. The van der Waals surface area contributed by atoms with E-state index in [1.165, 1.54) is 52.3 Å². The lowest BCUT2D eigenvalue weighted by atomic mass is 9.89. The first-order chi connectivity index (χ1) is 25.4. The van der Waals surface area contributed by atoms with Crippen molar-refractivity contribution < 1.29 is 4.74 Å². The van der Waals surface area contributed by atoms with E-state index in [4.69, 9.17) is 14.8 Å². The maximum absolute atomic E-state index is 6.65. The Morgan fingerprint density at radius 2 is 1.53 bits per heavy atom. The normalized spacial score (nSPS) is 12.6. The Morgan fingerprint density at radius 3 is 2.30 bits per heavy atom.